The number of rotatable bonds is 12. The van der Waals surface area contributed by atoms with Crippen LogP contribution in [0.2, 0.25) is 0 Å². The summed E-state index contributed by atoms with van der Waals surface area (Å²) in [5.41, 5.74) is 1.37. The lowest BCUT2D eigenvalue weighted by atomic mass is 10.3. The van der Waals surface area contributed by atoms with Crippen LogP contribution in [-0.4, -0.2) is 76.2 Å². The fourth-order valence-electron chi connectivity index (χ4n) is 2.89. The van der Waals surface area contributed by atoms with E-state index < -0.39 is 0 Å². The van der Waals surface area contributed by atoms with E-state index in [0.29, 0.717) is 36.0 Å². The highest BCUT2D eigenvalue weighted by molar-refractivity contribution is 5.89. The molecule has 0 fully saturated rings. The zero-order chi connectivity index (χ0) is 24.1. The molecule has 0 saturated carbocycles. The zero-order valence-corrected chi connectivity index (χ0v) is 20.0. The molecule has 4 amide bonds. The first-order valence-electron chi connectivity index (χ1n) is 11.1. The minimum atomic E-state index is -0.229. The number of amides is 4. The maximum atomic E-state index is 11.9. The van der Waals surface area contributed by atoms with Gasteiger partial charge in [0, 0.05) is 24.5 Å². The van der Waals surface area contributed by atoms with E-state index >= 15 is 0 Å². The van der Waals surface area contributed by atoms with Gasteiger partial charge in [0.2, 0.25) is 0 Å². The number of hydrogen-bond donors (Lipinski definition) is 4. The van der Waals surface area contributed by atoms with Crippen LogP contribution in [-0.2, 0) is 0 Å². The zero-order valence-electron chi connectivity index (χ0n) is 20.0. The van der Waals surface area contributed by atoms with Gasteiger partial charge in [-0.1, -0.05) is 0 Å². The second kappa shape index (κ2) is 14.0. The summed E-state index contributed by atoms with van der Waals surface area (Å²) in [7, 11) is 8.01. The minimum Gasteiger partial charge on any atom is -0.457 e. The molecule has 4 N–H and O–H groups in total. The van der Waals surface area contributed by atoms with Gasteiger partial charge in [0.1, 0.15) is 11.5 Å². The van der Waals surface area contributed by atoms with Crippen LogP contribution in [0.3, 0.4) is 0 Å². The Balaban J connectivity index is 1.73. The molecule has 2 aromatic rings. The average molecular weight is 457 g/mol. The molecule has 2 rings (SSSR count). The Morgan fingerprint density at radius 1 is 0.667 bits per heavy atom. The van der Waals surface area contributed by atoms with Crippen LogP contribution >= 0.6 is 0 Å². The summed E-state index contributed by atoms with van der Waals surface area (Å²) in [6.45, 7) is 3.09. The molecule has 2 aromatic carbocycles. The van der Waals surface area contributed by atoms with Crippen LogP contribution in [0, 0.1) is 0 Å². The molecule has 180 valence electrons. The average Bonchev–Trinajstić information content (AvgIpc) is 2.77. The molecule has 0 atom stereocenters. The van der Waals surface area contributed by atoms with Crippen LogP contribution in [0.1, 0.15) is 12.8 Å². The molecule has 9 heteroatoms. The number of anilines is 2. The van der Waals surface area contributed by atoms with Gasteiger partial charge in [0.05, 0.1) is 0 Å². The monoisotopic (exact) mass is 456 g/mol. The fourth-order valence-corrected chi connectivity index (χ4v) is 2.89. The predicted molar refractivity (Wildman–Crippen MR) is 133 cm³/mol. The SMILES string of the molecule is CN(C)CCCNC(=O)Nc1ccc(Oc2ccc(NC(=O)NCCCN(C)C)cc2)cc1. The third kappa shape index (κ3) is 11.2. The Morgan fingerprint density at radius 3 is 1.36 bits per heavy atom. The first kappa shape index (κ1) is 26.0. The molecule has 0 aliphatic carbocycles. The third-order valence-electron chi connectivity index (χ3n) is 4.60. The van der Waals surface area contributed by atoms with Crippen LogP contribution in [0.25, 0.3) is 0 Å². The Bertz CT molecular complexity index is 782. The maximum absolute atomic E-state index is 11.9. The summed E-state index contributed by atoms with van der Waals surface area (Å²) in [5.74, 6) is 1.29. The summed E-state index contributed by atoms with van der Waals surface area (Å²) >= 11 is 0. The number of carbonyl (C=O) groups is 2. The van der Waals surface area contributed by atoms with E-state index in [2.05, 4.69) is 31.1 Å². The number of benzene rings is 2. The van der Waals surface area contributed by atoms with E-state index in [1.54, 1.807) is 48.5 Å². The van der Waals surface area contributed by atoms with E-state index in [-0.39, 0.29) is 12.1 Å². The first-order chi connectivity index (χ1) is 15.8. The molecule has 0 aliphatic rings. The summed E-state index contributed by atoms with van der Waals surface area (Å²) in [5, 5.41) is 11.3. The van der Waals surface area contributed by atoms with Gasteiger partial charge in [0.15, 0.2) is 0 Å². The largest absolute Gasteiger partial charge is 0.457 e. The molecule has 0 unspecified atom stereocenters. The summed E-state index contributed by atoms with van der Waals surface area (Å²) in [6.07, 6.45) is 1.78. The van der Waals surface area contributed by atoms with Gasteiger partial charge in [-0.25, -0.2) is 9.59 Å². The standard InChI is InChI=1S/C24H36N6O3/c1-29(2)17-5-15-25-23(31)27-19-7-11-21(12-8-19)33-22-13-9-20(10-14-22)28-24(32)26-16-6-18-30(3)4/h7-14H,5-6,15-18H2,1-4H3,(H2,25,27,31)(H2,26,28,32). The van der Waals surface area contributed by atoms with Gasteiger partial charge in [-0.3, -0.25) is 0 Å². The van der Waals surface area contributed by atoms with Gasteiger partial charge in [-0.05, 0) is 103 Å². The van der Waals surface area contributed by atoms with Gasteiger partial charge >= 0.3 is 12.1 Å². The molecular formula is C24H36N6O3. The Labute approximate surface area is 196 Å². The number of nitrogens with zero attached hydrogens (tertiary/aromatic N) is 2. The fraction of sp³-hybridized carbons (Fsp3) is 0.417. The molecule has 0 saturated heterocycles. The molecule has 0 spiro atoms. The van der Waals surface area contributed by atoms with Crippen LogP contribution < -0.4 is 26.0 Å². The Morgan fingerprint density at radius 2 is 1.03 bits per heavy atom. The lowest BCUT2D eigenvalue weighted by Gasteiger charge is -2.12. The Hall–Kier alpha value is -3.30. The van der Waals surface area contributed by atoms with Gasteiger partial charge < -0.3 is 35.8 Å². The Kier molecular flexibility index (Phi) is 11.0. The minimum absolute atomic E-state index is 0.229. The summed E-state index contributed by atoms with van der Waals surface area (Å²) in [6, 6.07) is 13.8. The normalized spacial score (nSPS) is 10.7. The summed E-state index contributed by atoms with van der Waals surface area (Å²) in [4.78, 5) is 28.0. The van der Waals surface area contributed by atoms with Crippen molar-refractivity contribution in [3.8, 4) is 11.5 Å². The highest BCUT2D eigenvalue weighted by Crippen LogP contribution is 2.24. The third-order valence-corrected chi connectivity index (χ3v) is 4.60. The van der Waals surface area contributed by atoms with E-state index in [0.717, 1.165) is 25.9 Å². The molecule has 9 nitrogen and oxygen atoms in total. The number of ether oxygens (including phenoxy) is 1. The molecule has 0 radical (unpaired) electrons. The summed E-state index contributed by atoms with van der Waals surface area (Å²) < 4.78 is 5.84. The van der Waals surface area contributed by atoms with Gasteiger partial charge in [-0.15, -0.1) is 0 Å². The highest BCUT2D eigenvalue weighted by atomic mass is 16.5. The second-order valence-electron chi connectivity index (χ2n) is 8.23. The molecule has 0 heterocycles. The van der Waals surface area contributed by atoms with E-state index in [1.807, 2.05) is 28.2 Å². The number of carbonyl (C=O) groups excluding carboxylic acids is 2. The number of urea groups is 2. The lowest BCUT2D eigenvalue weighted by Crippen LogP contribution is -2.31. The smallest absolute Gasteiger partial charge is 0.319 e. The van der Waals surface area contributed by atoms with Crippen molar-refractivity contribution >= 4 is 23.4 Å². The van der Waals surface area contributed by atoms with Crippen molar-refractivity contribution in [2.45, 2.75) is 12.8 Å². The molecule has 0 aliphatic heterocycles. The van der Waals surface area contributed by atoms with Gasteiger partial charge in [0.25, 0.3) is 0 Å². The second-order valence-corrected chi connectivity index (χ2v) is 8.23. The maximum Gasteiger partial charge on any atom is 0.319 e. The van der Waals surface area contributed by atoms with Crippen LogP contribution in [0.5, 0.6) is 11.5 Å². The van der Waals surface area contributed by atoms with Crippen molar-refractivity contribution in [2.75, 3.05) is 65.0 Å². The van der Waals surface area contributed by atoms with Crippen molar-refractivity contribution in [1.82, 2.24) is 20.4 Å². The van der Waals surface area contributed by atoms with Crippen molar-refractivity contribution in [2.24, 2.45) is 0 Å². The number of nitrogens with one attached hydrogen (secondary N) is 4. The van der Waals surface area contributed by atoms with Gasteiger partial charge in [-0.2, -0.15) is 0 Å². The lowest BCUT2D eigenvalue weighted by molar-refractivity contribution is 0.250. The van der Waals surface area contributed by atoms with Crippen LogP contribution in [0.4, 0.5) is 21.0 Å². The van der Waals surface area contributed by atoms with Crippen molar-refractivity contribution in [1.29, 1.82) is 0 Å². The molecular weight excluding hydrogens is 420 g/mol. The highest BCUT2D eigenvalue weighted by Gasteiger charge is 2.04. The van der Waals surface area contributed by atoms with Crippen molar-refractivity contribution in [3.63, 3.8) is 0 Å². The quantitative estimate of drug-likeness (QED) is 0.366. The van der Waals surface area contributed by atoms with E-state index in [4.69, 9.17) is 4.74 Å². The topological polar surface area (TPSA) is 98.0 Å². The first-order valence-corrected chi connectivity index (χ1v) is 11.1. The molecule has 33 heavy (non-hydrogen) atoms. The molecule has 0 aromatic heterocycles. The van der Waals surface area contributed by atoms with Crippen LogP contribution in [0.15, 0.2) is 48.5 Å². The molecule has 0 bridgehead atoms. The van der Waals surface area contributed by atoms with Crippen molar-refractivity contribution < 1.29 is 14.3 Å². The number of hydrogen-bond acceptors (Lipinski definition) is 5. The predicted octanol–water partition coefficient (Wildman–Crippen LogP) is 3.63. The van der Waals surface area contributed by atoms with Crippen molar-refractivity contribution in [3.05, 3.63) is 48.5 Å². The van der Waals surface area contributed by atoms with E-state index in [1.165, 1.54) is 0 Å². The van der Waals surface area contributed by atoms with E-state index in [9.17, 15) is 9.59 Å².